The number of benzene rings is 1. The molecule has 0 aromatic heterocycles. The Bertz CT molecular complexity index is 467. The Labute approximate surface area is 105 Å². The van der Waals surface area contributed by atoms with Crippen molar-refractivity contribution in [2.45, 2.75) is 34.8 Å². The average Bonchev–Trinajstić information content (AvgIpc) is 2.66. The molecule has 0 aliphatic heterocycles. The second kappa shape index (κ2) is 4.55. The van der Waals surface area contributed by atoms with Gasteiger partial charge in [-0.1, -0.05) is 18.0 Å². The van der Waals surface area contributed by atoms with Crippen LogP contribution in [0.2, 0.25) is 5.02 Å². The topological polar surface area (TPSA) is 34.1 Å². The Morgan fingerprint density at radius 3 is 2.25 bits per heavy atom. The summed E-state index contributed by atoms with van der Waals surface area (Å²) in [4.78, 5) is 0.314. The van der Waals surface area contributed by atoms with Crippen LogP contribution in [0.4, 0.5) is 0 Å². The third-order valence-corrected chi connectivity index (χ3v) is 6.13. The Morgan fingerprint density at radius 2 is 1.75 bits per heavy atom. The Kier molecular flexibility index (Phi) is 3.48. The molecule has 2 rings (SSSR count). The van der Waals surface area contributed by atoms with E-state index in [0.29, 0.717) is 16.3 Å². The van der Waals surface area contributed by atoms with Gasteiger partial charge < -0.3 is 0 Å². The molecule has 1 saturated carbocycles. The van der Waals surface area contributed by atoms with Crippen LogP contribution in [0.3, 0.4) is 0 Å². The number of hydrogen-bond donors (Lipinski definition) is 0. The van der Waals surface area contributed by atoms with Gasteiger partial charge in [0.2, 0.25) is 0 Å². The summed E-state index contributed by atoms with van der Waals surface area (Å²) >= 11 is 11.8. The molecule has 0 unspecified atom stereocenters. The molecule has 0 saturated heterocycles. The van der Waals surface area contributed by atoms with Gasteiger partial charge in [-0.25, -0.2) is 8.42 Å². The van der Waals surface area contributed by atoms with E-state index in [1.165, 1.54) is 0 Å². The predicted octanol–water partition coefficient (Wildman–Crippen LogP) is 3.27. The fraction of sp³-hybridized carbons (Fsp3) is 0.455. The van der Waals surface area contributed by atoms with Gasteiger partial charge >= 0.3 is 0 Å². The molecule has 1 aliphatic rings. The number of sulfone groups is 1. The molecule has 0 spiro atoms. The molecule has 0 bridgehead atoms. The van der Waals surface area contributed by atoms with Crippen molar-refractivity contribution >= 4 is 33.0 Å². The van der Waals surface area contributed by atoms with E-state index < -0.39 is 15.1 Å². The van der Waals surface area contributed by atoms with Crippen molar-refractivity contribution in [3.63, 3.8) is 0 Å². The minimum atomic E-state index is -3.30. The van der Waals surface area contributed by atoms with Gasteiger partial charge in [0.25, 0.3) is 0 Å². The predicted molar refractivity (Wildman–Crippen MR) is 65.9 cm³/mol. The fourth-order valence-corrected chi connectivity index (χ4v) is 4.71. The maximum Gasteiger partial charge on any atom is 0.182 e. The van der Waals surface area contributed by atoms with Gasteiger partial charge in [-0.2, -0.15) is 0 Å². The SMILES string of the molecule is O=S(=O)(c1ccc(Cl)cc1)[C@H]1CCC[C@@H]1Cl. The fourth-order valence-electron chi connectivity index (χ4n) is 2.03. The molecule has 88 valence electrons. The minimum Gasteiger partial charge on any atom is -0.223 e. The summed E-state index contributed by atoms with van der Waals surface area (Å²) in [6.45, 7) is 0. The first-order chi connectivity index (χ1) is 7.51. The first kappa shape index (κ1) is 12.2. The van der Waals surface area contributed by atoms with Crippen LogP contribution in [-0.2, 0) is 9.84 Å². The second-order valence-electron chi connectivity index (χ2n) is 3.98. The van der Waals surface area contributed by atoms with Gasteiger partial charge in [0.15, 0.2) is 9.84 Å². The van der Waals surface area contributed by atoms with Crippen LogP contribution in [0.1, 0.15) is 19.3 Å². The van der Waals surface area contributed by atoms with E-state index >= 15 is 0 Å². The summed E-state index contributed by atoms with van der Waals surface area (Å²) < 4.78 is 24.5. The minimum absolute atomic E-state index is 0.263. The quantitative estimate of drug-likeness (QED) is 0.778. The summed E-state index contributed by atoms with van der Waals surface area (Å²) in [6.07, 6.45) is 2.31. The van der Waals surface area contributed by atoms with Crippen LogP contribution in [0.5, 0.6) is 0 Å². The van der Waals surface area contributed by atoms with Crippen LogP contribution < -0.4 is 0 Å². The van der Waals surface area contributed by atoms with Crippen molar-refractivity contribution in [1.82, 2.24) is 0 Å². The van der Waals surface area contributed by atoms with E-state index in [1.807, 2.05) is 0 Å². The van der Waals surface area contributed by atoms with E-state index in [1.54, 1.807) is 24.3 Å². The van der Waals surface area contributed by atoms with Crippen LogP contribution in [0.15, 0.2) is 29.2 Å². The molecular weight excluding hydrogens is 267 g/mol. The van der Waals surface area contributed by atoms with Crippen molar-refractivity contribution in [3.8, 4) is 0 Å². The zero-order valence-corrected chi connectivity index (χ0v) is 10.9. The molecule has 16 heavy (non-hydrogen) atoms. The first-order valence-electron chi connectivity index (χ1n) is 5.15. The molecule has 2 nitrogen and oxygen atoms in total. The van der Waals surface area contributed by atoms with Gasteiger partial charge in [0, 0.05) is 5.02 Å². The third-order valence-electron chi connectivity index (χ3n) is 2.91. The van der Waals surface area contributed by atoms with E-state index in [0.717, 1.165) is 12.8 Å². The molecule has 1 aromatic rings. The number of rotatable bonds is 2. The van der Waals surface area contributed by atoms with Crippen molar-refractivity contribution in [3.05, 3.63) is 29.3 Å². The number of hydrogen-bond acceptors (Lipinski definition) is 2. The van der Waals surface area contributed by atoms with Crippen LogP contribution in [0.25, 0.3) is 0 Å². The molecule has 1 aliphatic carbocycles. The van der Waals surface area contributed by atoms with Crippen LogP contribution in [0, 0.1) is 0 Å². The standard InChI is InChI=1S/C11H12Cl2O2S/c12-8-4-6-9(7-5-8)16(14,15)11-3-1-2-10(11)13/h4-7,10-11H,1-3H2/t10-,11-/m0/s1. The number of halogens is 2. The Morgan fingerprint density at radius 1 is 1.12 bits per heavy atom. The molecule has 0 heterocycles. The molecule has 0 radical (unpaired) electrons. The summed E-state index contributed by atoms with van der Waals surface area (Å²) in [7, 11) is -3.30. The zero-order valence-electron chi connectivity index (χ0n) is 8.57. The van der Waals surface area contributed by atoms with Gasteiger partial charge in [-0.15, -0.1) is 11.6 Å². The van der Waals surface area contributed by atoms with Gasteiger partial charge in [-0.3, -0.25) is 0 Å². The summed E-state index contributed by atoms with van der Waals surface area (Å²) in [6, 6.07) is 6.26. The van der Waals surface area contributed by atoms with Gasteiger partial charge in [0.1, 0.15) is 0 Å². The monoisotopic (exact) mass is 278 g/mol. The molecule has 1 fully saturated rings. The highest BCUT2D eigenvalue weighted by Crippen LogP contribution is 2.33. The van der Waals surface area contributed by atoms with Crippen molar-refractivity contribution in [2.75, 3.05) is 0 Å². The maximum atomic E-state index is 12.2. The summed E-state index contributed by atoms with van der Waals surface area (Å²) in [5.41, 5.74) is 0. The highest BCUT2D eigenvalue weighted by atomic mass is 35.5. The molecule has 1 aromatic carbocycles. The highest BCUT2D eigenvalue weighted by Gasteiger charge is 2.37. The Balaban J connectivity index is 2.35. The van der Waals surface area contributed by atoms with E-state index in [2.05, 4.69) is 0 Å². The smallest absolute Gasteiger partial charge is 0.182 e. The third kappa shape index (κ3) is 2.22. The molecular formula is C11H12Cl2O2S. The maximum absolute atomic E-state index is 12.2. The van der Waals surface area contributed by atoms with Gasteiger partial charge in [-0.05, 0) is 37.1 Å². The lowest BCUT2D eigenvalue weighted by Gasteiger charge is -2.14. The largest absolute Gasteiger partial charge is 0.223 e. The van der Waals surface area contributed by atoms with Crippen molar-refractivity contribution in [2.24, 2.45) is 0 Å². The van der Waals surface area contributed by atoms with E-state index in [-0.39, 0.29) is 5.38 Å². The van der Waals surface area contributed by atoms with Crippen molar-refractivity contribution < 1.29 is 8.42 Å². The molecule has 5 heteroatoms. The lowest BCUT2D eigenvalue weighted by atomic mass is 10.4. The van der Waals surface area contributed by atoms with Crippen molar-refractivity contribution in [1.29, 1.82) is 0 Å². The zero-order chi connectivity index (χ0) is 11.8. The second-order valence-corrected chi connectivity index (χ2v) is 7.15. The number of alkyl halides is 1. The normalized spacial score (nSPS) is 25.9. The molecule has 2 atom stereocenters. The summed E-state index contributed by atoms with van der Waals surface area (Å²) in [5.74, 6) is 0. The molecule has 0 amide bonds. The van der Waals surface area contributed by atoms with E-state index in [9.17, 15) is 8.42 Å². The lowest BCUT2D eigenvalue weighted by Crippen LogP contribution is -2.25. The van der Waals surface area contributed by atoms with Crippen LogP contribution in [-0.4, -0.2) is 19.0 Å². The Hall–Kier alpha value is -0.250. The van der Waals surface area contributed by atoms with E-state index in [4.69, 9.17) is 23.2 Å². The first-order valence-corrected chi connectivity index (χ1v) is 7.51. The highest BCUT2D eigenvalue weighted by molar-refractivity contribution is 7.92. The summed E-state index contributed by atoms with van der Waals surface area (Å²) in [5, 5.41) is -0.177. The average molecular weight is 279 g/mol. The molecule has 0 N–H and O–H groups in total. The lowest BCUT2D eigenvalue weighted by molar-refractivity contribution is 0.580. The van der Waals surface area contributed by atoms with Crippen LogP contribution >= 0.6 is 23.2 Å². The van der Waals surface area contributed by atoms with Gasteiger partial charge in [0.05, 0.1) is 15.5 Å².